The summed E-state index contributed by atoms with van der Waals surface area (Å²) < 4.78 is 0. The van der Waals surface area contributed by atoms with Gasteiger partial charge < -0.3 is 0 Å². The van der Waals surface area contributed by atoms with E-state index in [1.807, 2.05) is 0 Å². The molecule has 0 N–H and O–H groups in total. The zero-order chi connectivity index (χ0) is 0. The Bertz CT molecular complexity index is 3.61. The van der Waals surface area contributed by atoms with Crippen molar-refractivity contribution in [3.63, 3.8) is 0 Å². The van der Waals surface area contributed by atoms with Crippen LogP contribution in [0.5, 0.6) is 0 Å². The van der Waals surface area contributed by atoms with E-state index >= 15 is 0 Å². The molecule has 0 aromatic rings. The Labute approximate surface area is 132 Å². The third-order valence-corrected chi connectivity index (χ3v) is 0. The van der Waals surface area contributed by atoms with Gasteiger partial charge in [0.05, 0.1) is 0 Å². The quantitative estimate of drug-likeness (QED) is 0.340. The van der Waals surface area contributed by atoms with Crippen molar-refractivity contribution in [3.05, 3.63) is 0 Å². The van der Waals surface area contributed by atoms with Crippen molar-refractivity contribution in [2.24, 2.45) is 0 Å². The second-order valence-electron chi connectivity index (χ2n) is 0. The van der Waals surface area contributed by atoms with Crippen LogP contribution in [0, 0.1) is 0 Å². The fourth-order valence-corrected chi connectivity index (χ4v) is 0. The van der Waals surface area contributed by atoms with Crippen molar-refractivity contribution in [1.29, 1.82) is 0 Å². The van der Waals surface area contributed by atoms with Gasteiger partial charge in [-0.05, 0) is 0 Å². The van der Waals surface area contributed by atoms with Crippen LogP contribution in [-0.2, 0) is 17.1 Å². The summed E-state index contributed by atoms with van der Waals surface area (Å²) in [6, 6.07) is 0. The first-order chi connectivity index (χ1) is 0. The van der Waals surface area contributed by atoms with Crippen molar-refractivity contribution in [3.8, 4) is 0 Å². The summed E-state index contributed by atoms with van der Waals surface area (Å²) in [6.45, 7) is 0. The van der Waals surface area contributed by atoms with E-state index in [4.69, 9.17) is 0 Å². The minimum atomic E-state index is 0. The molecular formula is H4CuNa4. The van der Waals surface area contributed by atoms with E-state index in [1.165, 1.54) is 0 Å². The molecule has 0 saturated heterocycles. The Balaban J connectivity index is 0. The van der Waals surface area contributed by atoms with E-state index in [1.54, 1.807) is 0 Å². The molecule has 0 aromatic heterocycles. The number of hydrogen-bond donors (Lipinski definition) is 0. The molecule has 0 heterocycles. The standard InChI is InChI=1S/Cu.4Na.4H. The summed E-state index contributed by atoms with van der Waals surface area (Å²) in [5, 5.41) is 0. The second-order valence-corrected chi connectivity index (χ2v) is 0. The molecule has 1 radical (unpaired) electrons. The predicted octanol–water partition coefficient (Wildman–Crippen LogP) is -2.60. The molecule has 0 aliphatic rings. The van der Waals surface area contributed by atoms with E-state index in [-0.39, 0.29) is 135 Å². The van der Waals surface area contributed by atoms with Gasteiger partial charge >= 0.3 is 118 Å². The molecular weight excluding hydrogens is 156 g/mol. The number of hydrogen-bond acceptors (Lipinski definition) is 0. The van der Waals surface area contributed by atoms with Crippen LogP contribution in [0.2, 0.25) is 0 Å². The molecule has 0 rings (SSSR count). The second kappa shape index (κ2) is 23.6. The van der Waals surface area contributed by atoms with E-state index in [0.717, 1.165) is 0 Å². The van der Waals surface area contributed by atoms with Gasteiger partial charge in [-0.15, -0.1) is 0 Å². The van der Waals surface area contributed by atoms with Crippen molar-refractivity contribution in [1.82, 2.24) is 0 Å². The fraction of sp³-hybridized carbons (Fsp3) is 0. The molecule has 5 heavy (non-hydrogen) atoms. The molecule has 0 saturated carbocycles. The van der Waals surface area contributed by atoms with Crippen LogP contribution in [0.25, 0.3) is 0 Å². The normalized spacial score (nSPS) is 0. The van der Waals surface area contributed by atoms with Gasteiger partial charge in [0.2, 0.25) is 0 Å². The van der Waals surface area contributed by atoms with Gasteiger partial charge in [0, 0.05) is 17.1 Å². The Kier molecular flexibility index (Phi) is 160. The van der Waals surface area contributed by atoms with Gasteiger partial charge in [0.1, 0.15) is 0 Å². The van der Waals surface area contributed by atoms with Crippen molar-refractivity contribution in [2.45, 2.75) is 0 Å². The van der Waals surface area contributed by atoms with E-state index < -0.39 is 0 Å². The van der Waals surface area contributed by atoms with E-state index in [9.17, 15) is 0 Å². The molecule has 0 atom stereocenters. The predicted molar refractivity (Wildman–Crippen MR) is 28.6 cm³/mol. The average molecular weight is 160 g/mol. The maximum absolute atomic E-state index is 0. The molecule has 0 spiro atoms. The first kappa shape index (κ1) is 33.8. The number of rotatable bonds is 0. The van der Waals surface area contributed by atoms with Crippen LogP contribution in [0.4, 0.5) is 0 Å². The third kappa shape index (κ3) is 17.7. The fourth-order valence-electron chi connectivity index (χ4n) is 0. The van der Waals surface area contributed by atoms with Crippen LogP contribution in [0.1, 0.15) is 0 Å². The summed E-state index contributed by atoms with van der Waals surface area (Å²) in [6.07, 6.45) is 0. The van der Waals surface area contributed by atoms with E-state index in [0.29, 0.717) is 0 Å². The van der Waals surface area contributed by atoms with Crippen molar-refractivity contribution < 1.29 is 17.1 Å². The van der Waals surface area contributed by atoms with Gasteiger partial charge in [-0.25, -0.2) is 0 Å². The van der Waals surface area contributed by atoms with Crippen LogP contribution in [0.3, 0.4) is 0 Å². The third-order valence-electron chi connectivity index (χ3n) is 0. The first-order valence-corrected chi connectivity index (χ1v) is 0. The molecule has 0 aromatic carbocycles. The Morgan fingerprint density at radius 2 is 0.400 bits per heavy atom. The van der Waals surface area contributed by atoms with Gasteiger partial charge in [0.15, 0.2) is 0 Å². The summed E-state index contributed by atoms with van der Waals surface area (Å²) >= 11 is 0. The maximum atomic E-state index is 0. The molecule has 0 fully saturated rings. The zero-order valence-corrected chi connectivity index (χ0v) is 1.24. The molecule has 0 nitrogen and oxygen atoms in total. The van der Waals surface area contributed by atoms with Gasteiger partial charge in [-0.3, -0.25) is 0 Å². The van der Waals surface area contributed by atoms with Gasteiger partial charge in [0.25, 0.3) is 0 Å². The molecule has 19 valence electrons. The van der Waals surface area contributed by atoms with Crippen molar-refractivity contribution in [2.75, 3.05) is 0 Å². The van der Waals surface area contributed by atoms with Crippen LogP contribution < -0.4 is 0 Å². The summed E-state index contributed by atoms with van der Waals surface area (Å²) in [7, 11) is 0. The van der Waals surface area contributed by atoms with Crippen LogP contribution in [0.15, 0.2) is 0 Å². The molecule has 0 aliphatic heterocycles. The topological polar surface area (TPSA) is 0 Å². The van der Waals surface area contributed by atoms with Gasteiger partial charge in [-0.1, -0.05) is 0 Å². The molecule has 5 heteroatoms. The molecule has 0 unspecified atom stereocenters. The van der Waals surface area contributed by atoms with E-state index in [2.05, 4.69) is 0 Å². The summed E-state index contributed by atoms with van der Waals surface area (Å²) in [4.78, 5) is 0. The molecule has 0 amide bonds. The first-order valence-electron chi connectivity index (χ1n) is 0. The zero-order valence-electron chi connectivity index (χ0n) is 0.302. The molecule has 0 bridgehead atoms. The minimum absolute atomic E-state index is 0. The Morgan fingerprint density at radius 3 is 0.400 bits per heavy atom. The summed E-state index contributed by atoms with van der Waals surface area (Å²) in [5.74, 6) is 0. The Morgan fingerprint density at radius 1 is 0.400 bits per heavy atom. The average Bonchev–Trinajstić information content (AvgIpc) is 0. The Hall–Kier alpha value is 4.52. The monoisotopic (exact) mass is 159 g/mol. The van der Waals surface area contributed by atoms with Crippen LogP contribution >= 0.6 is 0 Å². The SMILES string of the molecule is [Cu].[NaH].[NaH].[NaH].[NaH]. The van der Waals surface area contributed by atoms with Gasteiger partial charge in [-0.2, -0.15) is 0 Å². The van der Waals surface area contributed by atoms with Crippen molar-refractivity contribution >= 4 is 118 Å². The van der Waals surface area contributed by atoms with Crippen LogP contribution in [-0.4, -0.2) is 118 Å². The summed E-state index contributed by atoms with van der Waals surface area (Å²) in [5.41, 5.74) is 0. The molecule has 0 aliphatic carbocycles.